The Kier molecular flexibility index (Phi) is 2.40. The number of carbonyl (C=O) groups excluding carboxylic acids is 1. The van der Waals surface area contributed by atoms with Gasteiger partial charge in [0.05, 0.1) is 5.92 Å². The van der Waals surface area contributed by atoms with Gasteiger partial charge in [-0.2, -0.15) is 16.1 Å². The van der Waals surface area contributed by atoms with Crippen LogP contribution < -0.4 is 5.32 Å². The van der Waals surface area contributed by atoms with Gasteiger partial charge in [-0.3, -0.25) is 4.79 Å². The number of thioether (sulfide) groups is 1. The molecule has 1 aromatic heterocycles. The average molecular weight is 241 g/mol. The van der Waals surface area contributed by atoms with Crippen LogP contribution in [0.15, 0.2) is 0 Å². The standard InChI is InChI=1S/C9H11N3OS2/c13-8(6-3-14-4-6)11-9-10-7(12-15-9)5-1-2-5/h5-6H,1-4H2,(H,10,11,12,13). The van der Waals surface area contributed by atoms with Gasteiger partial charge in [-0.15, -0.1) is 0 Å². The Morgan fingerprint density at radius 3 is 2.80 bits per heavy atom. The topological polar surface area (TPSA) is 54.9 Å². The van der Waals surface area contributed by atoms with Crippen LogP contribution in [0, 0.1) is 5.92 Å². The summed E-state index contributed by atoms with van der Waals surface area (Å²) >= 11 is 3.11. The molecule has 2 fully saturated rings. The summed E-state index contributed by atoms with van der Waals surface area (Å²) in [6.45, 7) is 0. The van der Waals surface area contributed by atoms with E-state index >= 15 is 0 Å². The monoisotopic (exact) mass is 241 g/mol. The minimum absolute atomic E-state index is 0.104. The molecule has 3 rings (SSSR count). The molecule has 1 N–H and O–H groups in total. The molecule has 1 saturated heterocycles. The van der Waals surface area contributed by atoms with Crippen molar-refractivity contribution in [2.24, 2.45) is 5.92 Å². The van der Waals surface area contributed by atoms with Crippen LogP contribution in [0.1, 0.15) is 24.6 Å². The SMILES string of the molecule is O=C(Nc1nc(C2CC2)ns1)C1CSC1. The lowest BCUT2D eigenvalue weighted by Gasteiger charge is -2.22. The smallest absolute Gasteiger partial charge is 0.230 e. The van der Waals surface area contributed by atoms with Crippen LogP contribution in [0.3, 0.4) is 0 Å². The van der Waals surface area contributed by atoms with Gasteiger partial charge in [0.1, 0.15) is 5.82 Å². The van der Waals surface area contributed by atoms with Gasteiger partial charge in [0.25, 0.3) is 0 Å². The molecular formula is C9H11N3OS2. The second-order valence-corrected chi connectivity index (χ2v) is 5.78. The van der Waals surface area contributed by atoms with Crippen molar-refractivity contribution in [1.29, 1.82) is 0 Å². The normalized spacial score (nSPS) is 21.1. The van der Waals surface area contributed by atoms with Gasteiger partial charge in [0.15, 0.2) is 0 Å². The zero-order chi connectivity index (χ0) is 10.3. The van der Waals surface area contributed by atoms with Crippen molar-refractivity contribution >= 4 is 34.3 Å². The first-order valence-corrected chi connectivity index (χ1v) is 6.98. The van der Waals surface area contributed by atoms with E-state index in [4.69, 9.17) is 0 Å². The first kappa shape index (κ1) is 9.59. The van der Waals surface area contributed by atoms with E-state index < -0.39 is 0 Å². The molecule has 1 aliphatic carbocycles. The first-order chi connectivity index (χ1) is 7.33. The maximum Gasteiger partial charge on any atom is 0.230 e. The van der Waals surface area contributed by atoms with E-state index in [0.717, 1.165) is 17.3 Å². The van der Waals surface area contributed by atoms with E-state index in [1.165, 1.54) is 24.4 Å². The second-order valence-electron chi connectivity index (χ2n) is 3.96. The van der Waals surface area contributed by atoms with Crippen LogP contribution in [0.25, 0.3) is 0 Å². The van der Waals surface area contributed by atoms with Crippen LogP contribution in [0.2, 0.25) is 0 Å². The molecule has 1 saturated carbocycles. The molecule has 0 radical (unpaired) electrons. The molecule has 1 aromatic rings. The molecule has 0 bridgehead atoms. The number of aromatic nitrogens is 2. The Morgan fingerprint density at radius 1 is 1.40 bits per heavy atom. The summed E-state index contributed by atoms with van der Waals surface area (Å²) in [6.07, 6.45) is 2.40. The zero-order valence-corrected chi connectivity index (χ0v) is 9.74. The Hall–Kier alpha value is -0.620. The fourth-order valence-electron chi connectivity index (χ4n) is 1.39. The number of nitrogens with one attached hydrogen (secondary N) is 1. The fraction of sp³-hybridized carbons (Fsp3) is 0.667. The number of nitrogens with zero attached hydrogens (tertiary/aromatic N) is 2. The molecule has 1 amide bonds. The van der Waals surface area contributed by atoms with Crippen LogP contribution in [0.5, 0.6) is 0 Å². The molecule has 2 heterocycles. The molecule has 0 atom stereocenters. The van der Waals surface area contributed by atoms with E-state index in [9.17, 15) is 4.79 Å². The van der Waals surface area contributed by atoms with E-state index in [1.807, 2.05) is 11.8 Å². The van der Waals surface area contributed by atoms with Crippen molar-refractivity contribution in [2.75, 3.05) is 16.8 Å². The molecular weight excluding hydrogens is 230 g/mol. The van der Waals surface area contributed by atoms with Gasteiger partial charge < -0.3 is 5.32 Å². The molecule has 80 valence electrons. The van der Waals surface area contributed by atoms with E-state index in [-0.39, 0.29) is 11.8 Å². The summed E-state index contributed by atoms with van der Waals surface area (Å²) in [5, 5.41) is 3.51. The largest absolute Gasteiger partial charge is 0.300 e. The number of rotatable bonds is 3. The number of anilines is 1. The van der Waals surface area contributed by atoms with Gasteiger partial charge in [-0.25, -0.2) is 4.98 Å². The third-order valence-electron chi connectivity index (χ3n) is 2.62. The summed E-state index contributed by atoms with van der Waals surface area (Å²) < 4.78 is 4.25. The van der Waals surface area contributed by atoms with Crippen LogP contribution in [-0.4, -0.2) is 26.8 Å². The number of hydrogen-bond donors (Lipinski definition) is 1. The zero-order valence-electron chi connectivity index (χ0n) is 8.10. The summed E-state index contributed by atoms with van der Waals surface area (Å²) in [5.74, 6) is 3.65. The third-order valence-corrected chi connectivity index (χ3v) is 4.54. The predicted octanol–water partition coefficient (Wildman–Crippen LogP) is 1.72. The molecule has 4 nitrogen and oxygen atoms in total. The van der Waals surface area contributed by atoms with Gasteiger partial charge in [-0.1, -0.05) is 0 Å². The first-order valence-electron chi connectivity index (χ1n) is 5.05. The molecule has 0 unspecified atom stereocenters. The molecule has 15 heavy (non-hydrogen) atoms. The van der Waals surface area contributed by atoms with Gasteiger partial charge in [0, 0.05) is 29.0 Å². The van der Waals surface area contributed by atoms with Gasteiger partial charge in [0.2, 0.25) is 11.0 Å². The third kappa shape index (κ3) is 2.01. The van der Waals surface area contributed by atoms with Crippen molar-refractivity contribution in [3.05, 3.63) is 5.82 Å². The maximum absolute atomic E-state index is 11.6. The Bertz CT molecular complexity index is 384. The molecule has 1 aliphatic heterocycles. The van der Waals surface area contributed by atoms with Crippen molar-refractivity contribution in [3.8, 4) is 0 Å². The minimum atomic E-state index is 0.104. The Labute approximate surface area is 96.0 Å². The molecule has 6 heteroatoms. The Morgan fingerprint density at radius 2 is 2.20 bits per heavy atom. The summed E-state index contributed by atoms with van der Waals surface area (Å²) in [4.78, 5) is 15.9. The number of carbonyl (C=O) groups is 1. The molecule has 0 spiro atoms. The summed E-state index contributed by atoms with van der Waals surface area (Å²) in [6, 6.07) is 0. The predicted molar refractivity (Wildman–Crippen MR) is 61.3 cm³/mol. The number of amides is 1. The lowest BCUT2D eigenvalue weighted by molar-refractivity contribution is -0.118. The number of hydrogen-bond acceptors (Lipinski definition) is 5. The lowest BCUT2D eigenvalue weighted by Crippen LogP contribution is -2.32. The Balaban J connectivity index is 1.62. The van der Waals surface area contributed by atoms with E-state index in [2.05, 4.69) is 14.7 Å². The highest BCUT2D eigenvalue weighted by Crippen LogP contribution is 2.39. The van der Waals surface area contributed by atoms with E-state index in [0.29, 0.717) is 11.0 Å². The highest BCUT2D eigenvalue weighted by Gasteiger charge is 2.29. The van der Waals surface area contributed by atoms with Crippen molar-refractivity contribution in [3.63, 3.8) is 0 Å². The summed E-state index contributed by atoms with van der Waals surface area (Å²) in [7, 11) is 0. The lowest BCUT2D eigenvalue weighted by atomic mass is 10.2. The van der Waals surface area contributed by atoms with Gasteiger partial charge >= 0.3 is 0 Å². The van der Waals surface area contributed by atoms with Crippen LogP contribution in [0.4, 0.5) is 5.13 Å². The second kappa shape index (κ2) is 3.75. The van der Waals surface area contributed by atoms with Crippen molar-refractivity contribution in [1.82, 2.24) is 9.36 Å². The van der Waals surface area contributed by atoms with Gasteiger partial charge in [-0.05, 0) is 12.8 Å². The quantitative estimate of drug-likeness (QED) is 0.875. The highest BCUT2D eigenvalue weighted by atomic mass is 32.2. The maximum atomic E-state index is 11.6. The molecule has 2 aliphatic rings. The molecule has 0 aromatic carbocycles. The highest BCUT2D eigenvalue weighted by molar-refractivity contribution is 8.00. The van der Waals surface area contributed by atoms with Crippen LogP contribution in [-0.2, 0) is 4.79 Å². The minimum Gasteiger partial charge on any atom is -0.300 e. The van der Waals surface area contributed by atoms with Crippen LogP contribution >= 0.6 is 23.3 Å². The van der Waals surface area contributed by atoms with Crippen molar-refractivity contribution < 1.29 is 4.79 Å². The van der Waals surface area contributed by atoms with Crippen molar-refractivity contribution in [2.45, 2.75) is 18.8 Å². The summed E-state index contributed by atoms with van der Waals surface area (Å²) in [5.41, 5.74) is 0. The van der Waals surface area contributed by atoms with E-state index in [1.54, 1.807) is 0 Å². The average Bonchev–Trinajstić information content (AvgIpc) is 2.86. The fourth-order valence-corrected chi connectivity index (χ4v) is 2.81.